The molecule has 25 heavy (non-hydrogen) atoms. The molecule has 0 bridgehead atoms. The highest BCUT2D eigenvalue weighted by atomic mass is 16.6. The highest BCUT2D eigenvalue weighted by molar-refractivity contribution is 5.76. The van der Waals surface area contributed by atoms with Gasteiger partial charge in [-0.2, -0.15) is 0 Å². The topological polar surface area (TPSA) is 99.3 Å². The molecule has 0 aromatic heterocycles. The first kappa shape index (κ1) is 19.9. The molecule has 2 aliphatic heterocycles. The van der Waals surface area contributed by atoms with Gasteiger partial charge in [0.05, 0.1) is 12.1 Å². The largest absolute Gasteiger partial charge is 0.444 e. The molecule has 2 heterocycles. The number of aliphatic hydroxyl groups excluding tert-OH is 1. The summed E-state index contributed by atoms with van der Waals surface area (Å²) < 4.78 is 5.48. The molecule has 0 saturated carbocycles. The van der Waals surface area contributed by atoms with E-state index in [2.05, 4.69) is 18.7 Å². The zero-order valence-corrected chi connectivity index (χ0v) is 16.0. The molecule has 3 N–H and O–H groups in total. The number of likely N-dealkylation sites (tertiary alicyclic amines) is 1. The second-order valence-corrected chi connectivity index (χ2v) is 8.59. The van der Waals surface area contributed by atoms with Crippen LogP contribution >= 0.6 is 0 Å². The first-order chi connectivity index (χ1) is 11.4. The Labute approximate surface area is 149 Å². The van der Waals surface area contributed by atoms with Gasteiger partial charge in [0.25, 0.3) is 0 Å². The van der Waals surface area contributed by atoms with Crippen molar-refractivity contribution in [1.29, 1.82) is 0 Å². The Morgan fingerprint density at radius 2 is 1.92 bits per heavy atom. The van der Waals surface area contributed by atoms with E-state index in [1.807, 2.05) is 20.8 Å². The molecule has 2 rings (SSSR count). The molecule has 8 heteroatoms. The summed E-state index contributed by atoms with van der Waals surface area (Å²) in [5, 5.41) is 10.7. The summed E-state index contributed by atoms with van der Waals surface area (Å²) in [6, 6.07) is 0. The van der Waals surface area contributed by atoms with Crippen LogP contribution in [0.15, 0.2) is 0 Å². The van der Waals surface area contributed by atoms with Crippen LogP contribution in [0, 0.1) is 5.92 Å². The molecule has 2 unspecified atom stereocenters. The molecule has 0 aromatic rings. The molecule has 2 fully saturated rings. The number of aliphatic hydroxyl groups is 1. The molecule has 0 aliphatic carbocycles. The van der Waals surface area contributed by atoms with Crippen molar-refractivity contribution < 1.29 is 19.4 Å². The third-order valence-corrected chi connectivity index (χ3v) is 4.63. The normalized spacial score (nSPS) is 28.3. The van der Waals surface area contributed by atoms with Gasteiger partial charge in [-0.1, -0.05) is 13.8 Å². The van der Waals surface area contributed by atoms with Crippen LogP contribution in [0.25, 0.3) is 0 Å². The maximum Gasteiger partial charge on any atom is 0.410 e. The average Bonchev–Trinajstić information content (AvgIpc) is 2.45. The minimum Gasteiger partial charge on any atom is -0.444 e. The van der Waals surface area contributed by atoms with Crippen LogP contribution in [0.2, 0.25) is 0 Å². The summed E-state index contributed by atoms with van der Waals surface area (Å²) in [5.74, 6) is -0.0357. The minimum absolute atomic E-state index is 0.0187. The van der Waals surface area contributed by atoms with Crippen LogP contribution in [0.1, 0.15) is 34.6 Å². The first-order valence-corrected chi connectivity index (χ1v) is 8.88. The Hall–Kier alpha value is -1.38. The lowest BCUT2D eigenvalue weighted by Gasteiger charge is -2.62. The van der Waals surface area contributed by atoms with Gasteiger partial charge in [0.15, 0.2) is 0 Å². The van der Waals surface area contributed by atoms with Crippen molar-refractivity contribution in [2.75, 3.05) is 39.3 Å². The average molecular weight is 356 g/mol. The number of carbonyl (C=O) groups excluding carboxylic acids is 2. The molecule has 2 atom stereocenters. The van der Waals surface area contributed by atoms with E-state index in [4.69, 9.17) is 10.5 Å². The third-order valence-electron chi connectivity index (χ3n) is 4.63. The van der Waals surface area contributed by atoms with Crippen LogP contribution in [-0.2, 0) is 9.53 Å². The quantitative estimate of drug-likeness (QED) is 0.739. The van der Waals surface area contributed by atoms with Gasteiger partial charge in [0, 0.05) is 32.7 Å². The summed E-state index contributed by atoms with van der Waals surface area (Å²) in [4.78, 5) is 29.2. The van der Waals surface area contributed by atoms with Crippen molar-refractivity contribution in [2.45, 2.75) is 52.0 Å². The number of hydrogen-bond donors (Lipinski definition) is 2. The number of hydrogen-bond acceptors (Lipinski definition) is 6. The number of primary amides is 1. The summed E-state index contributed by atoms with van der Waals surface area (Å²) >= 11 is 0. The van der Waals surface area contributed by atoms with E-state index in [1.165, 1.54) is 0 Å². The van der Waals surface area contributed by atoms with Crippen molar-refractivity contribution in [3.05, 3.63) is 0 Å². The second kappa shape index (κ2) is 7.09. The lowest BCUT2D eigenvalue weighted by molar-refractivity contribution is -0.225. The highest BCUT2D eigenvalue weighted by Crippen LogP contribution is 2.37. The Kier molecular flexibility index (Phi) is 5.65. The fourth-order valence-corrected chi connectivity index (χ4v) is 3.65. The lowest BCUT2D eigenvalue weighted by Crippen LogP contribution is -2.83. The first-order valence-electron chi connectivity index (χ1n) is 8.88. The van der Waals surface area contributed by atoms with Crippen LogP contribution in [0.3, 0.4) is 0 Å². The van der Waals surface area contributed by atoms with Crippen molar-refractivity contribution in [2.24, 2.45) is 11.7 Å². The predicted molar refractivity (Wildman–Crippen MR) is 93.7 cm³/mol. The zero-order valence-electron chi connectivity index (χ0n) is 16.0. The number of nitrogens with zero attached hydrogens (tertiary/aromatic N) is 3. The van der Waals surface area contributed by atoms with E-state index in [0.29, 0.717) is 32.1 Å². The van der Waals surface area contributed by atoms with Crippen LogP contribution in [0.5, 0.6) is 0 Å². The van der Waals surface area contributed by atoms with Crippen molar-refractivity contribution in [1.82, 2.24) is 14.7 Å². The molecular formula is C17H32N4O4. The van der Waals surface area contributed by atoms with Gasteiger partial charge in [-0.3, -0.25) is 14.6 Å². The summed E-state index contributed by atoms with van der Waals surface area (Å²) in [6.45, 7) is 12.7. The molecule has 144 valence electrons. The van der Waals surface area contributed by atoms with Gasteiger partial charge in [0.1, 0.15) is 11.8 Å². The minimum atomic E-state index is -0.830. The number of amides is 2. The molecule has 0 radical (unpaired) electrons. The molecule has 8 nitrogen and oxygen atoms in total. The Morgan fingerprint density at radius 3 is 2.40 bits per heavy atom. The molecule has 2 saturated heterocycles. The maximum atomic E-state index is 12.5. The highest BCUT2D eigenvalue weighted by Gasteiger charge is 2.58. The van der Waals surface area contributed by atoms with Gasteiger partial charge in [0.2, 0.25) is 5.91 Å². The molecule has 1 spiro atoms. The monoisotopic (exact) mass is 356 g/mol. The number of ether oxygens (including phenoxy) is 1. The summed E-state index contributed by atoms with van der Waals surface area (Å²) in [5.41, 5.74) is 4.12. The fraction of sp³-hybridized carbons (Fsp3) is 0.882. The number of nitrogens with two attached hydrogens (primary N) is 1. The summed E-state index contributed by atoms with van der Waals surface area (Å²) in [6.07, 6.45) is -1.19. The van der Waals surface area contributed by atoms with E-state index in [1.54, 1.807) is 9.80 Å². The van der Waals surface area contributed by atoms with Crippen molar-refractivity contribution in [3.8, 4) is 0 Å². The number of piperazine rings is 1. The van der Waals surface area contributed by atoms with E-state index >= 15 is 0 Å². The molecule has 0 aromatic carbocycles. The van der Waals surface area contributed by atoms with Gasteiger partial charge < -0.3 is 20.5 Å². The smallest absolute Gasteiger partial charge is 0.410 e. The van der Waals surface area contributed by atoms with Crippen LogP contribution in [0.4, 0.5) is 4.79 Å². The van der Waals surface area contributed by atoms with Gasteiger partial charge >= 0.3 is 6.09 Å². The fourth-order valence-electron chi connectivity index (χ4n) is 3.65. The van der Waals surface area contributed by atoms with Gasteiger partial charge in [-0.15, -0.1) is 0 Å². The van der Waals surface area contributed by atoms with Crippen molar-refractivity contribution in [3.63, 3.8) is 0 Å². The van der Waals surface area contributed by atoms with Crippen LogP contribution in [-0.4, -0.2) is 88.4 Å². The third kappa shape index (κ3) is 4.43. The zero-order chi connectivity index (χ0) is 19.0. The van der Waals surface area contributed by atoms with Gasteiger partial charge in [-0.25, -0.2) is 4.79 Å². The second-order valence-electron chi connectivity index (χ2n) is 8.59. The Bertz CT molecular complexity index is 519. The molecule has 2 amide bonds. The number of carbonyl (C=O) groups is 2. The summed E-state index contributed by atoms with van der Waals surface area (Å²) in [7, 11) is 0. The van der Waals surface area contributed by atoms with E-state index in [0.717, 1.165) is 6.54 Å². The van der Waals surface area contributed by atoms with Crippen LogP contribution < -0.4 is 5.73 Å². The Balaban J connectivity index is 2.13. The predicted octanol–water partition coefficient (Wildman–Crippen LogP) is 0.0532. The van der Waals surface area contributed by atoms with Crippen molar-refractivity contribution >= 4 is 12.0 Å². The van der Waals surface area contributed by atoms with E-state index in [-0.39, 0.29) is 12.6 Å². The van der Waals surface area contributed by atoms with E-state index < -0.39 is 23.3 Å². The molecule has 2 aliphatic rings. The maximum absolute atomic E-state index is 12.5. The lowest BCUT2D eigenvalue weighted by atomic mass is 9.82. The SMILES string of the molecule is CC(C)CN1CCN(C(=O)OC(C)(C)C)CC12CN(CC(N)=O)C2O. The van der Waals surface area contributed by atoms with E-state index in [9.17, 15) is 14.7 Å². The standard InChI is InChI=1S/C17H32N4O4/c1-12(2)8-21-7-6-19(15(24)25-16(3,4)5)10-17(21)11-20(14(17)23)9-13(18)22/h12,14,23H,6-11H2,1-5H3,(H2,18,22). The molecular weight excluding hydrogens is 324 g/mol. The van der Waals surface area contributed by atoms with Gasteiger partial charge in [-0.05, 0) is 26.7 Å². The number of rotatable bonds is 4. The Morgan fingerprint density at radius 1 is 1.28 bits per heavy atom.